The second kappa shape index (κ2) is 9.38. The van der Waals surface area contributed by atoms with Crippen LogP contribution < -0.4 is 5.32 Å². The molecule has 1 saturated carbocycles. The summed E-state index contributed by atoms with van der Waals surface area (Å²) >= 11 is 0. The number of esters is 1. The van der Waals surface area contributed by atoms with Gasteiger partial charge in [0.25, 0.3) is 0 Å². The van der Waals surface area contributed by atoms with Gasteiger partial charge in [0.05, 0.1) is 7.11 Å². The van der Waals surface area contributed by atoms with E-state index in [1.54, 1.807) is 0 Å². The minimum Gasteiger partial charge on any atom is -0.468 e. The largest absolute Gasteiger partial charge is 0.468 e. The van der Waals surface area contributed by atoms with Crippen LogP contribution in [0.15, 0.2) is 0 Å². The maximum atomic E-state index is 12.0. The zero-order chi connectivity index (χ0) is 15.0. The number of methoxy groups -OCH3 is 1. The van der Waals surface area contributed by atoms with Gasteiger partial charge in [-0.15, -0.1) is 0 Å². The maximum Gasteiger partial charge on any atom is 0.323 e. The lowest BCUT2D eigenvalue weighted by Crippen LogP contribution is -2.47. The standard InChI is InChI=1S/C17H33NO2/c1-5-8-14-9-7-10-15(12-11-14)18-16(13(3)6-2)17(19)20-4/h13-16,18H,5-12H2,1-4H3. The molecule has 1 fully saturated rings. The zero-order valence-electron chi connectivity index (χ0n) is 13.8. The van der Waals surface area contributed by atoms with Crippen molar-refractivity contribution in [2.24, 2.45) is 11.8 Å². The molecule has 0 aliphatic heterocycles. The van der Waals surface area contributed by atoms with Crippen molar-refractivity contribution in [2.45, 2.75) is 84.2 Å². The fourth-order valence-electron chi connectivity index (χ4n) is 3.32. The molecular formula is C17H33NO2. The van der Waals surface area contributed by atoms with E-state index in [2.05, 4.69) is 26.1 Å². The minimum absolute atomic E-state index is 0.103. The Labute approximate surface area is 124 Å². The average Bonchev–Trinajstić information content (AvgIpc) is 2.69. The summed E-state index contributed by atoms with van der Waals surface area (Å²) in [7, 11) is 1.49. The monoisotopic (exact) mass is 283 g/mol. The first kappa shape index (κ1) is 17.5. The SMILES string of the molecule is CCCC1CCCC(NC(C(=O)OC)C(C)CC)CC1. The van der Waals surface area contributed by atoms with Gasteiger partial charge in [0.15, 0.2) is 0 Å². The van der Waals surface area contributed by atoms with Crippen LogP contribution in [0.1, 0.15) is 72.1 Å². The van der Waals surface area contributed by atoms with E-state index in [1.807, 2.05) is 0 Å². The summed E-state index contributed by atoms with van der Waals surface area (Å²) in [5, 5.41) is 3.59. The molecule has 0 spiro atoms. The number of hydrogen-bond acceptors (Lipinski definition) is 3. The van der Waals surface area contributed by atoms with Gasteiger partial charge < -0.3 is 10.1 Å². The van der Waals surface area contributed by atoms with Crippen molar-refractivity contribution in [3.8, 4) is 0 Å². The van der Waals surface area contributed by atoms with Crippen LogP contribution in [0.2, 0.25) is 0 Å². The molecule has 0 aromatic heterocycles. The molecule has 3 nitrogen and oxygen atoms in total. The van der Waals surface area contributed by atoms with Gasteiger partial charge in [-0.1, -0.05) is 52.9 Å². The van der Waals surface area contributed by atoms with Crippen LogP contribution in [-0.2, 0) is 9.53 Å². The van der Waals surface area contributed by atoms with Gasteiger partial charge in [-0.05, 0) is 31.1 Å². The highest BCUT2D eigenvalue weighted by atomic mass is 16.5. The predicted octanol–water partition coefficient (Wildman–Crippen LogP) is 3.91. The molecule has 3 heteroatoms. The summed E-state index contributed by atoms with van der Waals surface area (Å²) in [4.78, 5) is 12.0. The predicted molar refractivity (Wildman–Crippen MR) is 83.7 cm³/mol. The molecule has 20 heavy (non-hydrogen) atoms. The highest BCUT2D eigenvalue weighted by molar-refractivity contribution is 5.76. The molecular weight excluding hydrogens is 250 g/mol. The van der Waals surface area contributed by atoms with Crippen LogP contribution in [0, 0.1) is 11.8 Å². The topological polar surface area (TPSA) is 38.3 Å². The molecule has 4 unspecified atom stereocenters. The molecule has 0 amide bonds. The van der Waals surface area contributed by atoms with Gasteiger partial charge in [-0.25, -0.2) is 0 Å². The zero-order valence-corrected chi connectivity index (χ0v) is 13.8. The van der Waals surface area contributed by atoms with Crippen molar-refractivity contribution in [3.63, 3.8) is 0 Å². The summed E-state index contributed by atoms with van der Waals surface area (Å²) in [5.41, 5.74) is 0. The molecule has 4 atom stereocenters. The van der Waals surface area contributed by atoms with Crippen molar-refractivity contribution in [2.75, 3.05) is 7.11 Å². The van der Waals surface area contributed by atoms with Crippen LogP contribution in [0.25, 0.3) is 0 Å². The molecule has 1 rings (SSSR count). The van der Waals surface area contributed by atoms with Crippen LogP contribution in [0.4, 0.5) is 0 Å². The average molecular weight is 283 g/mol. The third-order valence-electron chi connectivity index (χ3n) is 4.87. The van der Waals surface area contributed by atoms with Crippen molar-refractivity contribution in [1.82, 2.24) is 5.32 Å². The number of hydrogen-bond donors (Lipinski definition) is 1. The molecule has 0 aromatic rings. The van der Waals surface area contributed by atoms with E-state index >= 15 is 0 Å². The highest BCUT2D eigenvalue weighted by Crippen LogP contribution is 2.27. The van der Waals surface area contributed by atoms with Crippen molar-refractivity contribution in [3.05, 3.63) is 0 Å². The molecule has 0 heterocycles. The van der Waals surface area contributed by atoms with Gasteiger partial charge in [0.2, 0.25) is 0 Å². The van der Waals surface area contributed by atoms with E-state index in [-0.39, 0.29) is 12.0 Å². The lowest BCUT2D eigenvalue weighted by Gasteiger charge is -2.27. The Bertz CT molecular complexity index is 280. The third kappa shape index (κ3) is 5.43. The van der Waals surface area contributed by atoms with E-state index in [0.717, 1.165) is 12.3 Å². The molecule has 1 N–H and O–H groups in total. The van der Waals surface area contributed by atoms with Gasteiger partial charge >= 0.3 is 5.97 Å². The number of rotatable bonds is 7. The summed E-state index contributed by atoms with van der Waals surface area (Å²) in [6.45, 7) is 6.54. The van der Waals surface area contributed by atoms with Gasteiger partial charge in [-0.2, -0.15) is 0 Å². The smallest absolute Gasteiger partial charge is 0.323 e. The van der Waals surface area contributed by atoms with Crippen LogP contribution in [0.5, 0.6) is 0 Å². The Morgan fingerprint density at radius 3 is 2.60 bits per heavy atom. The number of carbonyl (C=O) groups is 1. The lowest BCUT2D eigenvalue weighted by atomic mass is 9.95. The minimum atomic E-state index is -0.141. The van der Waals surface area contributed by atoms with Gasteiger partial charge in [0, 0.05) is 6.04 Å². The second-order valence-corrected chi connectivity index (χ2v) is 6.41. The number of carbonyl (C=O) groups excluding carboxylic acids is 1. The Hall–Kier alpha value is -0.570. The fourth-order valence-corrected chi connectivity index (χ4v) is 3.32. The van der Waals surface area contributed by atoms with Crippen molar-refractivity contribution < 1.29 is 9.53 Å². The quantitative estimate of drug-likeness (QED) is 0.568. The molecule has 1 aliphatic carbocycles. The first-order chi connectivity index (χ1) is 9.62. The Balaban J connectivity index is 2.53. The van der Waals surface area contributed by atoms with E-state index in [0.29, 0.717) is 12.0 Å². The first-order valence-corrected chi connectivity index (χ1v) is 8.46. The summed E-state index contributed by atoms with van der Waals surface area (Å²) in [5.74, 6) is 1.12. The summed E-state index contributed by atoms with van der Waals surface area (Å²) < 4.78 is 4.97. The highest BCUT2D eigenvalue weighted by Gasteiger charge is 2.28. The first-order valence-electron chi connectivity index (χ1n) is 8.46. The maximum absolute atomic E-state index is 12.0. The Morgan fingerprint density at radius 1 is 1.25 bits per heavy atom. The molecule has 0 saturated heterocycles. The third-order valence-corrected chi connectivity index (χ3v) is 4.87. The fraction of sp³-hybridized carbons (Fsp3) is 0.941. The molecule has 118 valence electrons. The van der Waals surface area contributed by atoms with Gasteiger partial charge in [0.1, 0.15) is 6.04 Å². The molecule has 1 aliphatic rings. The van der Waals surface area contributed by atoms with E-state index < -0.39 is 0 Å². The van der Waals surface area contributed by atoms with Crippen molar-refractivity contribution in [1.29, 1.82) is 0 Å². The molecule has 0 bridgehead atoms. The van der Waals surface area contributed by atoms with Crippen molar-refractivity contribution >= 4 is 5.97 Å². The second-order valence-electron chi connectivity index (χ2n) is 6.41. The lowest BCUT2D eigenvalue weighted by molar-refractivity contribution is -0.144. The van der Waals surface area contributed by atoms with Gasteiger partial charge in [-0.3, -0.25) is 4.79 Å². The van der Waals surface area contributed by atoms with Crippen LogP contribution in [0.3, 0.4) is 0 Å². The van der Waals surface area contributed by atoms with Crippen LogP contribution >= 0.6 is 0 Å². The Morgan fingerprint density at radius 2 is 2.00 bits per heavy atom. The molecule has 0 radical (unpaired) electrons. The van der Waals surface area contributed by atoms with E-state index in [1.165, 1.54) is 52.1 Å². The van der Waals surface area contributed by atoms with E-state index in [4.69, 9.17) is 4.74 Å². The van der Waals surface area contributed by atoms with Crippen LogP contribution in [-0.4, -0.2) is 25.2 Å². The normalized spacial score (nSPS) is 26.6. The Kier molecular flexibility index (Phi) is 8.20. The summed E-state index contributed by atoms with van der Waals surface area (Å²) in [6.07, 6.45) is 10.0. The summed E-state index contributed by atoms with van der Waals surface area (Å²) in [6, 6.07) is 0.340. The molecule has 0 aromatic carbocycles. The van der Waals surface area contributed by atoms with E-state index in [9.17, 15) is 4.79 Å². The number of nitrogens with one attached hydrogen (secondary N) is 1. The number of ether oxygens (including phenoxy) is 1.